The molecule has 4 rings (SSSR count). The molecule has 0 radical (unpaired) electrons. The number of hydrogen-bond donors (Lipinski definition) is 0. The summed E-state index contributed by atoms with van der Waals surface area (Å²) in [5, 5.41) is 0. The van der Waals surface area contributed by atoms with E-state index in [1.54, 1.807) is 0 Å². The Labute approximate surface area is 139 Å². The van der Waals surface area contributed by atoms with E-state index in [1.807, 2.05) is 0 Å². The van der Waals surface area contributed by atoms with Gasteiger partial charge >= 0.3 is 0 Å². The Morgan fingerprint density at radius 1 is 1.04 bits per heavy atom. The van der Waals surface area contributed by atoms with Gasteiger partial charge in [-0.05, 0) is 56.1 Å². The van der Waals surface area contributed by atoms with Gasteiger partial charge in [0, 0.05) is 13.1 Å². The van der Waals surface area contributed by atoms with Crippen molar-refractivity contribution < 1.29 is 9.53 Å². The standard InChI is InChI=1S/C20H27NO2/c1-2-16-3-5-17(6-4-16)7-13-21-14-12-19(18(21)22)8-10-20(11-9-19)15-23-20/h3-6H,2,7-15H2,1H3. The van der Waals surface area contributed by atoms with Gasteiger partial charge in [-0.3, -0.25) is 4.79 Å². The lowest BCUT2D eigenvalue weighted by Crippen LogP contribution is -2.39. The van der Waals surface area contributed by atoms with Crippen LogP contribution in [0.3, 0.4) is 0 Å². The smallest absolute Gasteiger partial charge is 0.228 e. The summed E-state index contributed by atoms with van der Waals surface area (Å²) in [6.07, 6.45) is 7.35. The highest BCUT2D eigenvalue weighted by molar-refractivity contribution is 5.85. The van der Waals surface area contributed by atoms with Crippen LogP contribution in [0.5, 0.6) is 0 Å². The number of likely N-dealkylation sites (tertiary alicyclic amines) is 1. The first kappa shape index (κ1) is 15.2. The number of carbonyl (C=O) groups is 1. The number of hydrogen-bond acceptors (Lipinski definition) is 2. The van der Waals surface area contributed by atoms with Crippen molar-refractivity contribution in [1.29, 1.82) is 0 Å². The summed E-state index contributed by atoms with van der Waals surface area (Å²) in [7, 11) is 0. The van der Waals surface area contributed by atoms with Crippen LogP contribution in [0.2, 0.25) is 0 Å². The molecule has 0 bridgehead atoms. The molecule has 2 aliphatic heterocycles. The third-order valence-electron chi connectivity index (χ3n) is 6.37. The molecule has 0 atom stereocenters. The molecule has 2 saturated heterocycles. The quantitative estimate of drug-likeness (QED) is 0.799. The highest BCUT2D eigenvalue weighted by Crippen LogP contribution is 2.52. The summed E-state index contributed by atoms with van der Waals surface area (Å²) < 4.78 is 5.60. The summed E-state index contributed by atoms with van der Waals surface area (Å²) in [6.45, 7) is 4.92. The summed E-state index contributed by atoms with van der Waals surface area (Å²) >= 11 is 0. The van der Waals surface area contributed by atoms with E-state index in [0.717, 1.165) is 64.6 Å². The molecule has 3 fully saturated rings. The number of epoxide rings is 1. The Morgan fingerprint density at radius 3 is 2.30 bits per heavy atom. The Balaban J connectivity index is 1.34. The van der Waals surface area contributed by atoms with Gasteiger partial charge in [0.2, 0.25) is 5.91 Å². The molecule has 1 aromatic carbocycles. The number of carbonyl (C=O) groups excluding carboxylic acids is 1. The first-order valence-electron chi connectivity index (χ1n) is 9.16. The predicted octanol–water partition coefficient (Wildman–Crippen LogP) is 3.35. The van der Waals surface area contributed by atoms with E-state index < -0.39 is 0 Å². The summed E-state index contributed by atoms with van der Waals surface area (Å²) in [5.41, 5.74) is 2.84. The zero-order valence-electron chi connectivity index (χ0n) is 14.1. The van der Waals surface area contributed by atoms with Gasteiger partial charge in [-0.25, -0.2) is 0 Å². The first-order chi connectivity index (χ1) is 11.1. The third-order valence-corrected chi connectivity index (χ3v) is 6.37. The van der Waals surface area contributed by atoms with E-state index in [1.165, 1.54) is 11.1 Å². The monoisotopic (exact) mass is 313 g/mol. The Bertz CT molecular complexity index is 578. The SMILES string of the molecule is CCc1ccc(CCN2CCC3(CCC4(CC3)CO4)C2=O)cc1. The summed E-state index contributed by atoms with van der Waals surface area (Å²) in [6, 6.07) is 8.84. The van der Waals surface area contributed by atoms with Crippen LogP contribution in [-0.4, -0.2) is 36.1 Å². The number of rotatable bonds is 4. The van der Waals surface area contributed by atoms with Crippen LogP contribution in [0.15, 0.2) is 24.3 Å². The van der Waals surface area contributed by atoms with Gasteiger partial charge in [0.1, 0.15) is 0 Å². The van der Waals surface area contributed by atoms with Gasteiger partial charge in [0.05, 0.1) is 17.6 Å². The fraction of sp³-hybridized carbons (Fsp3) is 0.650. The normalized spacial score (nSPS) is 32.9. The van der Waals surface area contributed by atoms with Crippen molar-refractivity contribution in [3.05, 3.63) is 35.4 Å². The largest absolute Gasteiger partial charge is 0.370 e. The van der Waals surface area contributed by atoms with Crippen LogP contribution < -0.4 is 0 Å². The first-order valence-corrected chi connectivity index (χ1v) is 9.16. The molecule has 3 heteroatoms. The van der Waals surface area contributed by atoms with Gasteiger partial charge in [0.15, 0.2) is 0 Å². The van der Waals surface area contributed by atoms with Crippen molar-refractivity contribution in [2.45, 2.75) is 57.5 Å². The predicted molar refractivity (Wildman–Crippen MR) is 90.3 cm³/mol. The molecule has 3 aliphatic rings. The minimum atomic E-state index is -0.0523. The molecule has 2 spiro atoms. The molecule has 23 heavy (non-hydrogen) atoms. The number of nitrogens with zero attached hydrogens (tertiary/aromatic N) is 1. The van der Waals surface area contributed by atoms with Crippen molar-refractivity contribution in [2.24, 2.45) is 5.41 Å². The minimum absolute atomic E-state index is 0.0523. The molecule has 0 aromatic heterocycles. The molecule has 1 amide bonds. The van der Waals surface area contributed by atoms with Crippen molar-refractivity contribution in [3.63, 3.8) is 0 Å². The number of aryl methyl sites for hydroxylation is 1. The van der Waals surface area contributed by atoms with Crippen molar-refractivity contribution in [3.8, 4) is 0 Å². The Hall–Kier alpha value is -1.35. The maximum Gasteiger partial charge on any atom is 0.228 e. The van der Waals surface area contributed by atoms with E-state index in [-0.39, 0.29) is 11.0 Å². The van der Waals surface area contributed by atoms with Crippen LogP contribution >= 0.6 is 0 Å². The second-order valence-corrected chi connectivity index (χ2v) is 7.71. The molecular formula is C20H27NO2. The molecule has 3 nitrogen and oxygen atoms in total. The Kier molecular flexibility index (Phi) is 3.72. The van der Waals surface area contributed by atoms with Gasteiger partial charge in [-0.15, -0.1) is 0 Å². The van der Waals surface area contributed by atoms with E-state index >= 15 is 0 Å². The van der Waals surface area contributed by atoms with Gasteiger partial charge in [0.25, 0.3) is 0 Å². The van der Waals surface area contributed by atoms with Crippen molar-refractivity contribution >= 4 is 5.91 Å². The third kappa shape index (κ3) is 2.80. The maximum atomic E-state index is 12.9. The number of benzene rings is 1. The second-order valence-electron chi connectivity index (χ2n) is 7.71. The molecular weight excluding hydrogens is 286 g/mol. The highest BCUT2D eigenvalue weighted by Gasteiger charge is 2.56. The lowest BCUT2D eigenvalue weighted by atomic mass is 9.69. The summed E-state index contributed by atoms with van der Waals surface area (Å²) in [5.74, 6) is 0.415. The average molecular weight is 313 g/mol. The molecule has 0 N–H and O–H groups in total. The number of amides is 1. The van der Waals surface area contributed by atoms with Crippen LogP contribution in [-0.2, 0) is 22.4 Å². The van der Waals surface area contributed by atoms with Gasteiger partial charge in [-0.2, -0.15) is 0 Å². The van der Waals surface area contributed by atoms with Crippen molar-refractivity contribution in [2.75, 3.05) is 19.7 Å². The molecule has 124 valence electrons. The number of ether oxygens (including phenoxy) is 1. The van der Waals surface area contributed by atoms with Gasteiger partial charge in [-0.1, -0.05) is 31.2 Å². The molecule has 1 aliphatic carbocycles. The topological polar surface area (TPSA) is 32.8 Å². The molecule has 1 aromatic rings. The Morgan fingerprint density at radius 2 is 1.70 bits per heavy atom. The average Bonchev–Trinajstić information content (AvgIpc) is 3.29. The molecule has 2 heterocycles. The van der Waals surface area contributed by atoms with Crippen molar-refractivity contribution in [1.82, 2.24) is 4.90 Å². The fourth-order valence-electron chi connectivity index (χ4n) is 4.35. The van der Waals surface area contributed by atoms with Crippen LogP contribution in [0.4, 0.5) is 0 Å². The molecule has 0 unspecified atom stereocenters. The fourth-order valence-corrected chi connectivity index (χ4v) is 4.35. The van der Waals surface area contributed by atoms with E-state index in [2.05, 4.69) is 36.1 Å². The van der Waals surface area contributed by atoms with Crippen LogP contribution in [0.25, 0.3) is 0 Å². The van der Waals surface area contributed by atoms with E-state index in [0.29, 0.717) is 5.91 Å². The van der Waals surface area contributed by atoms with Crippen LogP contribution in [0.1, 0.15) is 50.2 Å². The van der Waals surface area contributed by atoms with E-state index in [4.69, 9.17) is 4.74 Å². The lowest BCUT2D eigenvalue weighted by molar-refractivity contribution is -0.138. The second kappa shape index (κ2) is 5.62. The zero-order chi connectivity index (χ0) is 15.9. The maximum absolute atomic E-state index is 12.9. The zero-order valence-corrected chi connectivity index (χ0v) is 14.1. The van der Waals surface area contributed by atoms with E-state index in [9.17, 15) is 4.79 Å². The lowest BCUT2D eigenvalue weighted by Gasteiger charge is -2.34. The van der Waals surface area contributed by atoms with Gasteiger partial charge < -0.3 is 9.64 Å². The molecule has 1 saturated carbocycles. The summed E-state index contributed by atoms with van der Waals surface area (Å²) in [4.78, 5) is 15.0. The van der Waals surface area contributed by atoms with Crippen LogP contribution in [0, 0.1) is 5.41 Å². The highest BCUT2D eigenvalue weighted by atomic mass is 16.6. The minimum Gasteiger partial charge on any atom is -0.370 e.